The largest absolute Gasteiger partial charge is 0.366 e. The van der Waals surface area contributed by atoms with Gasteiger partial charge in [-0.1, -0.05) is 30.3 Å². The van der Waals surface area contributed by atoms with Crippen LogP contribution in [0.2, 0.25) is 0 Å². The van der Waals surface area contributed by atoms with Crippen LogP contribution in [0.5, 0.6) is 0 Å². The molecule has 1 fully saturated rings. The number of hydrogen-bond acceptors (Lipinski definition) is 5. The van der Waals surface area contributed by atoms with Gasteiger partial charge in [0.25, 0.3) is 5.91 Å². The summed E-state index contributed by atoms with van der Waals surface area (Å²) in [4.78, 5) is 18.9. The van der Waals surface area contributed by atoms with Crippen molar-refractivity contribution in [2.24, 2.45) is 0 Å². The summed E-state index contributed by atoms with van der Waals surface area (Å²) < 4.78 is 5.61. The number of morpholine rings is 1. The molecule has 1 aromatic heterocycles. The SMILES string of the molecule is O=C([C@H]1CNCCO1)N(Cc1ccccc1)Cc1nccs1. The summed E-state index contributed by atoms with van der Waals surface area (Å²) in [6.45, 7) is 3.04. The van der Waals surface area contributed by atoms with Crippen molar-refractivity contribution in [3.05, 3.63) is 52.5 Å². The van der Waals surface area contributed by atoms with Crippen molar-refractivity contribution in [2.75, 3.05) is 19.7 Å². The fraction of sp³-hybridized carbons (Fsp3) is 0.375. The first-order chi connectivity index (χ1) is 10.8. The molecule has 1 aromatic carbocycles. The van der Waals surface area contributed by atoms with Gasteiger partial charge in [0.05, 0.1) is 13.2 Å². The molecular weight excluding hydrogens is 298 g/mol. The van der Waals surface area contributed by atoms with Crippen molar-refractivity contribution in [1.29, 1.82) is 0 Å². The van der Waals surface area contributed by atoms with E-state index in [9.17, 15) is 4.79 Å². The molecule has 1 aliphatic rings. The number of nitrogens with one attached hydrogen (secondary N) is 1. The van der Waals surface area contributed by atoms with E-state index >= 15 is 0 Å². The molecule has 1 atom stereocenters. The standard InChI is InChI=1S/C16H19N3O2S/c20-16(14-10-17-6-8-21-14)19(12-15-18-7-9-22-15)11-13-4-2-1-3-5-13/h1-5,7,9,14,17H,6,8,10-12H2/t14-/m1/s1. The average Bonchev–Trinajstić information content (AvgIpc) is 3.08. The van der Waals surface area contributed by atoms with Crippen LogP contribution < -0.4 is 5.32 Å². The first-order valence-electron chi connectivity index (χ1n) is 7.36. The molecule has 1 amide bonds. The van der Waals surface area contributed by atoms with E-state index in [4.69, 9.17) is 4.74 Å². The Labute approximate surface area is 133 Å². The minimum atomic E-state index is -0.405. The minimum Gasteiger partial charge on any atom is -0.366 e. The Morgan fingerprint density at radius 2 is 2.23 bits per heavy atom. The Bertz CT molecular complexity index is 583. The van der Waals surface area contributed by atoms with E-state index in [0.717, 1.165) is 17.1 Å². The highest BCUT2D eigenvalue weighted by atomic mass is 32.1. The first kappa shape index (κ1) is 15.1. The molecule has 2 aromatic rings. The molecule has 3 rings (SSSR count). The monoisotopic (exact) mass is 317 g/mol. The Balaban J connectivity index is 1.74. The van der Waals surface area contributed by atoms with E-state index in [2.05, 4.69) is 10.3 Å². The number of ether oxygens (including phenoxy) is 1. The first-order valence-corrected chi connectivity index (χ1v) is 8.24. The number of hydrogen-bond donors (Lipinski definition) is 1. The van der Waals surface area contributed by atoms with Gasteiger partial charge in [0.1, 0.15) is 11.1 Å². The Hall–Kier alpha value is -1.76. The number of aromatic nitrogens is 1. The zero-order valence-corrected chi connectivity index (χ0v) is 13.1. The van der Waals surface area contributed by atoms with Crippen molar-refractivity contribution < 1.29 is 9.53 Å². The minimum absolute atomic E-state index is 0.0197. The Morgan fingerprint density at radius 3 is 2.91 bits per heavy atom. The van der Waals surface area contributed by atoms with Crippen molar-refractivity contribution in [1.82, 2.24) is 15.2 Å². The lowest BCUT2D eigenvalue weighted by atomic mass is 10.2. The van der Waals surface area contributed by atoms with Gasteiger partial charge in [-0.05, 0) is 5.56 Å². The van der Waals surface area contributed by atoms with Crippen molar-refractivity contribution in [3.8, 4) is 0 Å². The van der Waals surface area contributed by atoms with Crippen LogP contribution in [0, 0.1) is 0 Å². The zero-order valence-electron chi connectivity index (χ0n) is 12.3. The van der Waals surface area contributed by atoms with Gasteiger partial charge in [0.2, 0.25) is 0 Å². The Morgan fingerprint density at radius 1 is 1.36 bits per heavy atom. The molecular formula is C16H19N3O2S. The topological polar surface area (TPSA) is 54.5 Å². The average molecular weight is 317 g/mol. The summed E-state index contributed by atoms with van der Waals surface area (Å²) in [6.07, 6.45) is 1.36. The van der Waals surface area contributed by atoms with Gasteiger partial charge in [0, 0.05) is 31.2 Å². The van der Waals surface area contributed by atoms with Gasteiger partial charge < -0.3 is 15.0 Å². The van der Waals surface area contributed by atoms with Crippen LogP contribution in [0.15, 0.2) is 41.9 Å². The molecule has 22 heavy (non-hydrogen) atoms. The maximum atomic E-state index is 12.8. The van der Waals surface area contributed by atoms with E-state index < -0.39 is 6.10 Å². The number of benzene rings is 1. The molecule has 1 aliphatic heterocycles. The second-order valence-electron chi connectivity index (χ2n) is 5.17. The third-order valence-electron chi connectivity index (χ3n) is 3.54. The lowest BCUT2D eigenvalue weighted by Crippen LogP contribution is -2.49. The molecule has 0 bridgehead atoms. The number of carbonyl (C=O) groups excluding carboxylic acids is 1. The maximum Gasteiger partial charge on any atom is 0.253 e. The van der Waals surface area contributed by atoms with Crippen LogP contribution in [0.4, 0.5) is 0 Å². The summed E-state index contributed by atoms with van der Waals surface area (Å²) in [6, 6.07) is 10.0. The lowest BCUT2D eigenvalue weighted by molar-refractivity contribution is -0.146. The summed E-state index contributed by atoms with van der Waals surface area (Å²) in [5.41, 5.74) is 1.11. The third kappa shape index (κ3) is 3.91. The molecule has 2 heterocycles. The molecule has 0 unspecified atom stereocenters. The van der Waals surface area contributed by atoms with Crippen molar-refractivity contribution in [2.45, 2.75) is 19.2 Å². The van der Waals surface area contributed by atoms with Gasteiger partial charge in [-0.15, -0.1) is 11.3 Å². The Kier molecular flexibility index (Phi) is 5.15. The molecule has 0 aliphatic carbocycles. The molecule has 5 nitrogen and oxygen atoms in total. The van der Waals surface area contributed by atoms with Gasteiger partial charge in [0.15, 0.2) is 0 Å². The molecule has 0 spiro atoms. The van der Waals surface area contributed by atoms with E-state index in [1.54, 1.807) is 17.5 Å². The molecule has 1 N–H and O–H groups in total. The van der Waals surface area contributed by atoms with Gasteiger partial charge in [-0.3, -0.25) is 4.79 Å². The number of amides is 1. The second-order valence-corrected chi connectivity index (χ2v) is 6.15. The zero-order chi connectivity index (χ0) is 15.2. The molecule has 0 radical (unpaired) electrons. The van der Waals surface area contributed by atoms with Crippen LogP contribution in [-0.4, -0.2) is 41.6 Å². The summed E-state index contributed by atoms with van der Waals surface area (Å²) >= 11 is 1.56. The van der Waals surface area contributed by atoms with Crippen LogP contribution in [0.25, 0.3) is 0 Å². The van der Waals surface area contributed by atoms with Gasteiger partial charge in [-0.2, -0.15) is 0 Å². The predicted molar refractivity (Wildman–Crippen MR) is 85.4 cm³/mol. The molecule has 116 valence electrons. The van der Waals surface area contributed by atoms with Crippen molar-refractivity contribution in [3.63, 3.8) is 0 Å². The highest BCUT2D eigenvalue weighted by molar-refractivity contribution is 7.09. The van der Waals surface area contributed by atoms with Crippen LogP contribution in [0.3, 0.4) is 0 Å². The molecule has 1 saturated heterocycles. The fourth-order valence-electron chi connectivity index (χ4n) is 2.44. The predicted octanol–water partition coefficient (Wildman–Crippen LogP) is 1.66. The number of carbonyl (C=O) groups is 1. The highest BCUT2D eigenvalue weighted by Gasteiger charge is 2.27. The summed E-state index contributed by atoms with van der Waals surface area (Å²) in [5, 5.41) is 6.08. The molecule has 6 heteroatoms. The summed E-state index contributed by atoms with van der Waals surface area (Å²) in [7, 11) is 0. The highest BCUT2D eigenvalue weighted by Crippen LogP contribution is 2.14. The number of rotatable bonds is 5. The van der Waals surface area contributed by atoms with Crippen LogP contribution in [0.1, 0.15) is 10.6 Å². The van der Waals surface area contributed by atoms with E-state index in [-0.39, 0.29) is 5.91 Å². The number of thiazole rings is 1. The van der Waals surface area contributed by atoms with Crippen LogP contribution in [-0.2, 0) is 22.6 Å². The summed E-state index contributed by atoms with van der Waals surface area (Å²) in [5.74, 6) is 0.0197. The molecule has 0 saturated carbocycles. The van der Waals surface area contributed by atoms with E-state index in [0.29, 0.717) is 26.2 Å². The van der Waals surface area contributed by atoms with Gasteiger partial charge >= 0.3 is 0 Å². The smallest absolute Gasteiger partial charge is 0.253 e. The lowest BCUT2D eigenvalue weighted by Gasteiger charge is -2.29. The maximum absolute atomic E-state index is 12.8. The van der Waals surface area contributed by atoms with Crippen molar-refractivity contribution >= 4 is 17.2 Å². The normalized spacial score (nSPS) is 18.1. The van der Waals surface area contributed by atoms with Crippen LogP contribution >= 0.6 is 11.3 Å². The van der Waals surface area contributed by atoms with E-state index in [1.807, 2.05) is 40.6 Å². The number of nitrogens with zero attached hydrogens (tertiary/aromatic N) is 2. The second kappa shape index (κ2) is 7.49. The third-order valence-corrected chi connectivity index (χ3v) is 4.30. The quantitative estimate of drug-likeness (QED) is 0.911. The van der Waals surface area contributed by atoms with Gasteiger partial charge in [-0.25, -0.2) is 4.98 Å². The fourth-order valence-corrected chi connectivity index (χ4v) is 3.07. The van der Waals surface area contributed by atoms with E-state index in [1.165, 1.54) is 0 Å².